The van der Waals surface area contributed by atoms with Crippen LogP contribution >= 0.6 is 11.8 Å². The monoisotopic (exact) mass is 266 g/mol. The highest BCUT2D eigenvalue weighted by atomic mass is 32.2. The Hall–Kier alpha value is -1.62. The predicted molar refractivity (Wildman–Crippen MR) is 69.7 cm³/mol. The van der Waals surface area contributed by atoms with Crippen molar-refractivity contribution in [2.75, 3.05) is 11.5 Å². The minimum Gasteiger partial charge on any atom is -0.397 e. The fraction of sp³-hybridized carbons (Fsp3) is 0.154. The van der Waals surface area contributed by atoms with E-state index in [0.717, 1.165) is 11.8 Å². The molecule has 18 heavy (non-hydrogen) atoms. The van der Waals surface area contributed by atoms with Gasteiger partial charge < -0.3 is 5.73 Å². The smallest absolute Gasteiger partial charge is 0.282 e. The highest BCUT2D eigenvalue weighted by Gasteiger charge is 2.31. The summed E-state index contributed by atoms with van der Waals surface area (Å²) in [5.74, 6) is -3.22. The van der Waals surface area contributed by atoms with Crippen LogP contribution in [0.3, 0.4) is 0 Å². The first-order valence-corrected chi connectivity index (χ1v) is 6.34. The van der Waals surface area contributed by atoms with E-state index in [1.54, 1.807) is 30.5 Å². The van der Waals surface area contributed by atoms with Crippen LogP contribution in [-0.4, -0.2) is 10.7 Å². The third-order valence-electron chi connectivity index (χ3n) is 2.42. The number of benzene rings is 1. The van der Waals surface area contributed by atoms with E-state index in [0.29, 0.717) is 10.6 Å². The molecule has 1 aromatic carbocycles. The first kappa shape index (κ1) is 12.8. The molecule has 0 amide bonds. The third kappa shape index (κ3) is 2.98. The molecule has 0 saturated heterocycles. The fourth-order valence-corrected chi connectivity index (χ4v) is 2.34. The molecule has 0 aliphatic carbocycles. The number of pyridine rings is 1. The fourth-order valence-electron chi connectivity index (χ4n) is 1.46. The molecule has 0 saturated carbocycles. The first-order valence-electron chi connectivity index (χ1n) is 5.35. The highest BCUT2D eigenvalue weighted by molar-refractivity contribution is 7.99. The van der Waals surface area contributed by atoms with Gasteiger partial charge in [0.1, 0.15) is 0 Å². The molecule has 0 atom stereocenters. The number of alkyl halides is 2. The number of hydrogen-bond acceptors (Lipinski definition) is 3. The summed E-state index contributed by atoms with van der Waals surface area (Å²) in [6, 6.07) is 9.42. The van der Waals surface area contributed by atoms with Gasteiger partial charge in [-0.3, -0.25) is 4.98 Å². The number of halogens is 2. The van der Waals surface area contributed by atoms with Gasteiger partial charge >= 0.3 is 0 Å². The lowest BCUT2D eigenvalue weighted by Crippen LogP contribution is -2.16. The minimum absolute atomic E-state index is 0.0186. The van der Waals surface area contributed by atoms with Crippen LogP contribution in [0.25, 0.3) is 0 Å². The van der Waals surface area contributed by atoms with E-state index in [9.17, 15) is 8.78 Å². The van der Waals surface area contributed by atoms with Gasteiger partial charge in [0.05, 0.1) is 17.6 Å². The zero-order valence-electron chi connectivity index (χ0n) is 9.51. The van der Waals surface area contributed by atoms with E-state index in [4.69, 9.17) is 5.73 Å². The zero-order chi connectivity index (χ0) is 13.0. The molecule has 2 rings (SSSR count). The van der Waals surface area contributed by atoms with Gasteiger partial charge in [-0.25, -0.2) is 8.78 Å². The lowest BCUT2D eigenvalue weighted by molar-refractivity contribution is 0.0232. The minimum atomic E-state index is -2.87. The summed E-state index contributed by atoms with van der Waals surface area (Å²) in [5.41, 5.74) is 6.10. The number of hydrogen-bond donors (Lipinski definition) is 1. The van der Waals surface area contributed by atoms with Gasteiger partial charge in [-0.05, 0) is 6.07 Å². The second-order valence-electron chi connectivity index (χ2n) is 3.77. The number of anilines is 1. The van der Waals surface area contributed by atoms with Gasteiger partial charge in [-0.2, -0.15) is 0 Å². The number of thioether (sulfide) groups is 1. The van der Waals surface area contributed by atoms with E-state index in [-0.39, 0.29) is 11.3 Å². The molecule has 0 aliphatic rings. The molecule has 1 heterocycles. The van der Waals surface area contributed by atoms with Crippen molar-refractivity contribution in [2.45, 2.75) is 10.8 Å². The predicted octanol–water partition coefficient (Wildman–Crippen LogP) is 3.55. The van der Waals surface area contributed by atoms with Crippen LogP contribution in [0.1, 0.15) is 5.56 Å². The molecule has 0 fully saturated rings. The maximum atomic E-state index is 13.9. The average molecular weight is 266 g/mol. The lowest BCUT2D eigenvalue weighted by Gasteiger charge is -2.16. The second kappa shape index (κ2) is 5.35. The number of nitrogens with two attached hydrogens (primary N) is 1. The molecule has 2 nitrogen and oxygen atoms in total. The average Bonchev–Trinajstić information content (AvgIpc) is 2.39. The molecule has 2 N–H and O–H groups in total. The summed E-state index contributed by atoms with van der Waals surface area (Å²) in [6.07, 6.45) is 3.00. The largest absolute Gasteiger partial charge is 0.397 e. The Balaban J connectivity index is 2.08. The van der Waals surface area contributed by atoms with Gasteiger partial charge in [-0.1, -0.05) is 30.3 Å². The maximum Gasteiger partial charge on any atom is 0.282 e. The van der Waals surface area contributed by atoms with E-state index < -0.39 is 5.92 Å². The molecular weight excluding hydrogens is 254 g/mol. The van der Waals surface area contributed by atoms with Crippen molar-refractivity contribution in [1.82, 2.24) is 4.98 Å². The third-order valence-corrected chi connectivity index (χ3v) is 3.60. The topological polar surface area (TPSA) is 38.9 Å². The molecule has 0 unspecified atom stereocenters. The Labute approximate surface area is 108 Å². The van der Waals surface area contributed by atoms with Crippen LogP contribution in [-0.2, 0) is 5.92 Å². The Kier molecular flexibility index (Phi) is 3.81. The van der Waals surface area contributed by atoms with Crippen molar-refractivity contribution in [3.8, 4) is 0 Å². The van der Waals surface area contributed by atoms with Gasteiger partial charge in [-0.15, -0.1) is 11.8 Å². The molecule has 5 heteroatoms. The molecule has 0 spiro atoms. The van der Waals surface area contributed by atoms with Crippen LogP contribution in [0.5, 0.6) is 0 Å². The van der Waals surface area contributed by atoms with E-state index in [1.165, 1.54) is 18.3 Å². The zero-order valence-corrected chi connectivity index (χ0v) is 10.3. The van der Waals surface area contributed by atoms with Crippen molar-refractivity contribution >= 4 is 17.4 Å². The van der Waals surface area contributed by atoms with E-state index in [1.807, 2.05) is 0 Å². The van der Waals surface area contributed by atoms with Crippen molar-refractivity contribution in [1.29, 1.82) is 0 Å². The molecule has 1 aromatic heterocycles. The van der Waals surface area contributed by atoms with Crippen LogP contribution in [0.15, 0.2) is 53.7 Å². The summed E-state index contributed by atoms with van der Waals surface area (Å²) in [6.45, 7) is 0. The lowest BCUT2D eigenvalue weighted by atomic mass is 10.1. The Morgan fingerprint density at radius 2 is 1.89 bits per heavy atom. The van der Waals surface area contributed by atoms with Crippen LogP contribution in [0, 0.1) is 0 Å². The van der Waals surface area contributed by atoms with Crippen molar-refractivity contribution in [2.24, 2.45) is 0 Å². The normalized spacial score (nSPS) is 11.4. The summed E-state index contributed by atoms with van der Waals surface area (Å²) in [5, 5.41) is 0. The maximum absolute atomic E-state index is 13.9. The van der Waals surface area contributed by atoms with Crippen molar-refractivity contribution in [3.05, 3.63) is 54.4 Å². The quantitative estimate of drug-likeness (QED) is 0.860. The molecular formula is C13H12F2N2S. The number of nitrogens with zero attached hydrogens (tertiary/aromatic N) is 1. The van der Waals surface area contributed by atoms with Crippen molar-refractivity contribution < 1.29 is 8.78 Å². The second-order valence-corrected chi connectivity index (χ2v) is 4.79. The molecule has 0 bridgehead atoms. The van der Waals surface area contributed by atoms with Gasteiger partial charge in [0.15, 0.2) is 0 Å². The standard InChI is InChI=1S/C13H12F2N2S/c14-13(15,10-4-2-1-3-5-10)9-18-12-6-7-17-8-11(12)16/h1-8H,9,16H2. The SMILES string of the molecule is Nc1cnccc1SCC(F)(F)c1ccccc1. The van der Waals surface area contributed by atoms with Crippen LogP contribution in [0.2, 0.25) is 0 Å². The summed E-state index contributed by atoms with van der Waals surface area (Å²) in [4.78, 5) is 4.45. The highest BCUT2D eigenvalue weighted by Crippen LogP contribution is 2.35. The van der Waals surface area contributed by atoms with Gasteiger partial charge in [0.25, 0.3) is 5.92 Å². The number of rotatable bonds is 4. The van der Waals surface area contributed by atoms with E-state index in [2.05, 4.69) is 4.98 Å². The Morgan fingerprint density at radius 3 is 2.56 bits per heavy atom. The summed E-state index contributed by atoms with van der Waals surface area (Å²) in [7, 11) is 0. The Bertz CT molecular complexity index is 517. The van der Waals surface area contributed by atoms with E-state index >= 15 is 0 Å². The summed E-state index contributed by atoms with van der Waals surface area (Å²) < 4.78 is 27.8. The van der Waals surface area contributed by atoms with Crippen LogP contribution < -0.4 is 5.73 Å². The molecule has 0 radical (unpaired) electrons. The van der Waals surface area contributed by atoms with Gasteiger partial charge in [0.2, 0.25) is 0 Å². The molecule has 2 aromatic rings. The first-order chi connectivity index (χ1) is 8.59. The Morgan fingerprint density at radius 1 is 1.17 bits per heavy atom. The van der Waals surface area contributed by atoms with Gasteiger partial charge in [0, 0.05) is 16.7 Å². The number of nitrogen functional groups attached to an aromatic ring is 1. The molecule has 0 aliphatic heterocycles. The van der Waals surface area contributed by atoms with Crippen molar-refractivity contribution in [3.63, 3.8) is 0 Å². The van der Waals surface area contributed by atoms with Crippen LogP contribution in [0.4, 0.5) is 14.5 Å². The number of aromatic nitrogens is 1. The molecule has 94 valence electrons. The summed E-state index contributed by atoms with van der Waals surface area (Å²) >= 11 is 1.03.